The number of sulfone groups is 1. The molecule has 3 rings (SSSR count). The van der Waals surface area contributed by atoms with Crippen LogP contribution in [0.1, 0.15) is 37.8 Å². The van der Waals surface area contributed by atoms with Crippen molar-refractivity contribution in [1.29, 1.82) is 5.26 Å². The maximum absolute atomic E-state index is 14.6. The number of benzene rings is 2. The lowest BCUT2D eigenvalue weighted by atomic mass is 9.95. The summed E-state index contributed by atoms with van der Waals surface area (Å²) in [4.78, 5) is 12.9. The normalized spacial score (nSPS) is 18.2. The number of amides is 1. The van der Waals surface area contributed by atoms with E-state index >= 15 is 0 Å². The number of nitrogens with zero attached hydrogens (tertiary/aromatic N) is 1. The van der Waals surface area contributed by atoms with Gasteiger partial charge in [0, 0.05) is 12.7 Å². The number of aliphatic hydroxyl groups excluding tert-OH is 1. The molecule has 12 heteroatoms. The Labute approximate surface area is 212 Å². The van der Waals surface area contributed by atoms with Crippen LogP contribution in [0.5, 0.6) is 0 Å². The average Bonchev–Trinajstić information content (AvgIpc) is 3.60. The molecule has 7 nitrogen and oxygen atoms in total. The molecule has 2 aromatic carbocycles. The predicted molar refractivity (Wildman–Crippen MR) is 128 cm³/mol. The zero-order chi connectivity index (χ0) is 27.6. The molecule has 1 amide bonds. The number of carbonyl (C=O) groups excluding carboxylic acids is 1. The molecule has 1 saturated carbocycles. The molecule has 37 heavy (non-hydrogen) atoms. The summed E-state index contributed by atoms with van der Waals surface area (Å²) in [5.41, 5.74) is -2.66. The van der Waals surface area contributed by atoms with E-state index in [2.05, 4.69) is 10.6 Å². The summed E-state index contributed by atoms with van der Waals surface area (Å²) in [6, 6.07) is 8.97. The fraction of sp³-hybridized carbons (Fsp3) is 0.440. The van der Waals surface area contributed by atoms with Crippen molar-refractivity contribution in [2.75, 3.05) is 12.9 Å². The highest BCUT2D eigenvalue weighted by Gasteiger charge is 2.48. The third-order valence-corrected chi connectivity index (χ3v) is 7.29. The van der Waals surface area contributed by atoms with E-state index in [4.69, 9.17) is 0 Å². The summed E-state index contributed by atoms with van der Waals surface area (Å²) in [5.74, 6) is -0.965. The molecule has 0 radical (unpaired) electrons. The summed E-state index contributed by atoms with van der Waals surface area (Å²) in [6.07, 6.45) is -3.89. The molecule has 3 N–H and O–H groups in total. The molecule has 0 aliphatic heterocycles. The number of alkyl halides is 4. The van der Waals surface area contributed by atoms with Crippen molar-refractivity contribution in [1.82, 2.24) is 10.6 Å². The van der Waals surface area contributed by atoms with Gasteiger partial charge in [0.25, 0.3) is 0 Å². The first-order valence-electron chi connectivity index (χ1n) is 11.4. The van der Waals surface area contributed by atoms with Crippen LogP contribution in [0.15, 0.2) is 53.4 Å². The molecule has 2 aromatic rings. The first kappa shape index (κ1) is 28.6. The quantitative estimate of drug-likeness (QED) is 0.396. The van der Waals surface area contributed by atoms with Crippen LogP contribution in [-0.4, -0.2) is 55.7 Å². The highest BCUT2D eigenvalue weighted by Crippen LogP contribution is 2.37. The van der Waals surface area contributed by atoms with Crippen LogP contribution in [0.3, 0.4) is 0 Å². The van der Waals surface area contributed by atoms with Crippen molar-refractivity contribution < 1.29 is 35.9 Å². The number of halogens is 4. The minimum Gasteiger partial charge on any atom is -0.393 e. The lowest BCUT2D eigenvalue weighted by Gasteiger charge is -2.31. The van der Waals surface area contributed by atoms with Gasteiger partial charge < -0.3 is 10.4 Å². The third-order valence-electron chi connectivity index (χ3n) is 6.16. The summed E-state index contributed by atoms with van der Waals surface area (Å²) in [7, 11) is -3.41. The molecule has 1 fully saturated rings. The van der Waals surface area contributed by atoms with Gasteiger partial charge in [-0.15, -0.1) is 0 Å². The van der Waals surface area contributed by atoms with Crippen LogP contribution in [-0.2, 0) is 14.6 Å². The third kappa shape index (κ3) is 7.28. The molecule has 3 atom stereocenters. The van der Waals surface area contributed by atoms with Gasteiger partial charge in [-0.05, 0) is 48.6 Å². The molecule has 0 heterocycles. The van der Waals surface area contributed by atoms with Crippen molar-refractivity contribution in [3.05, 3.63) is 54.1 Å². The first-order chi connectivity index (χ1) is 17.1. The average molecular weight is 542 g/mol. The molecule has 0 spiro atoms. The Bertz CT molecular complexity index is 1270. The molecular formula is C25H27F4N3O4S. The van der Waals surface area contributed by atoms with E-state index in [1.165, 1.54) is 48.5 Å². The topological polar surface area (TPSA) is 119 Å². The van der Waals surface area contributed by atoms with E-state index in [1.54, 1.807) is 0 Å². The molecule has 0 saturated heterocycles. The van der Waals surface area contributed by atoms with Crippen molar-refractivity contribution in [2.24, 2.45) is 0 Å². The van der Waals surface area contributed by atoms with Crippen LogP contribution in [0.2, 0.25) is 0 Å². The van der Waals surface area contributed by atoms with E-state index in [0.29, 0.717) is 24.0 Å². The van der Waals surface area contributed by atoms with Crippen molar-refractivity contribution >= 4 is 15.7 Å². The van der Waals surface area contributed by atoms with Crippen LogP contribution < -0.4 is 10.6 Å². The minimum atomic E-state index is -4.87. The summed E-state index contributed by atoms with van der Waals surface area (Å²) in [6.45, 7) is -0.0378. The molecular weight excluding hydrogens is 514 g/mol. The zero-order valence-electron chi connectivity index (χ0n) is 20.1. The highest BCUT2D eigenvalue weighted by molar-refractivity contribution is 7.90. The summed E-state index contributed by atoms with van der Waals surface area (Å²) >= 11 is 0. The Balaban J connectivity index is 1.88. The summed E-state index contributed by atoms with van der Waals surface area (Å²) in [5, 5.41) is 23.1. The van der Waals surface area contributed by atoms with Gasteiger partial charge in [0.05, 0.1) is 23.6 Å². The largest absolute Gasteiger partial charge is 0.407 e. The highest BCUT2D eigenvalue weighted by atomic mass is 32.2. The lowest BCUT2D eigenvalue weighted by Crippen LogP contribution is -2.54. The number of carbonyl (C=O) groups is 1. The van der Waals surface area contributed by atoms with E-state index < -0.39 is 58.2 Å². The Kier molecular flexibility index (Phi) is 8.02. The zero-order valence-corrected chi connectivity index (χ0v) is 21.0. The van der Waals surface area contributed by atoms with Crippen LogP contribution in [0.25, 0.3) is 11.1 Å². The first-order valence-corrected chi connectivity index (χ1v) is 13.2. The van der Waals surface area contributed by atoms with Gasteiger partial charge >= 0.3 is 6.18 Å². The molecule has 1 aliphatic carbocycles. The fourth-order valence-electron chi connectivity index (χ4n) is 3.77. The number of nitriles is 1. The second-order valence-electron chi connectivity index (χ2n) is 9.57. The number of aliphatic hydroxyl groups is 1. The van der Waals surface area contributed by atoms with Crippen LogP contribution in [0.4, 0.5) is 17.6 Å². The van der Waals surface area contributed by atoms with E-state index in [0.717, 1.165) is 13.2 Å². The van der Waals surface area contributed by atoms with E-state index in [9.17, 15) is 41.1 Å². The van der Waals surface area contributed by atoms with Crippen molar-refractivity contribution in [2.45, 2.75) is 60.5 Å². The standard InChI is InChI=1S/C25H27F4N3O4S/c1-23(26,15-33)13-20(22(34)32-24(14-30)11-12-24)31-21(25(27,28)29)18-5-3-16(4-6-18)17-7-9-19(10-8-17)37(2,35)36/h3-10,20-21,31,33H,11-13,15H2,1-2H3,(H,32,34)/t20-,21-,23?/m0/s1. The van der Waals surface area contributed by atoms with Crippen LogP contribution in [0, 0.1) is 11.3 Å². The molecule has 200 valence electrons. The predicted octanol–water partition coefficient (Wildman–Crippen LogP) is 3.60. The second-order valence-corrected chi connectivity index (χ2v) is 11.6. The maximum Gasteiger partial charge on any atom is 0.407 e. The minimum absolute atomic E-state index is 0.102. The number of nitrogens with one attached hydrogen (secondary N) is 2. The Morgan fingerprint density at radius 3 is 2.00 bits per heavy atom. The smallest absolute Gasteiger partial charge is 0.393 e. The van der Waals surface area contributed by atoms with Crippen LogP contribution >= 0.6 is 0 Å². The molecule has 0 bridgehead atoms. The molecule has 1 aliphatic rings. The van der Waals surface area contributed by atoms with Crippen molar-refractivity contribution in [3.63, 3.8) is 0 Å². The Hall–Kier alpha value is -3.01. The van der Waals surface area contributed by atoms with Gasteiger partial charge in [0.15, 0.2) is 9.84 Å². The monoisotopic (exact) mass is 541 g/mol. The Morgan fingerprint density at radius 1 is 1.08 bits per heavy atom. The van der Waals surface area contributed by atoms with E-state index in [-0.39, 0.29) is 10.5 Å². The maximum atomic E-state index is 14.6. The number of hydrogen-bond donors (Lipinski definition) is 3. The van der Waals surface area contributed by atoms with Gasteiger partial charge in [-0.25, -0.2) is 12.8 Å². The molecule has 1 unspecified atom stereocenters. The van der Waals surface area contributed by atoms with Crippen molar-refractivity contribution in [3.8, 4) is 17.2 Å². The number of hydrogen-bond acceptors (Lipinski definition) is 6. The van der Waals surface area contributed by atoms with Gasteiger partial charge in [-0.1, -0.05) is 36.4 Å². The SMILES string of the molecule is CC(F)(CO)C[C@H](N[C@@H](c1ccc(-c2ccc(S(C)(=O)=O)cc2)cc1)C(F)(F)F)C(=O)NC1(C#N)CC1. The second kappa shape index (κ2) is 10.4. The van der Waals surface area contributed by atoms with Gasteiger partial charge in [-0.2, -0.15) is 18.4 Å². The van der Waals surface area contributed by atoms with Gasteiger partial charge in [-0.3, -0.25) is 10.1 Å². The fourth-order valence-corrected chi connectivity index (χ4v) is 4.40. The number of rotatable bonds is 10. The lowest BCUT2D eigenvalue weighted by molar-refractivity contribution is -0.162. The van der Waals surface area contributed by atoms with Gasteiger partial charge in [0.1, 0.15) is 17.2 Å². The van der Waals surface area contributed by atoms with E-state index in [1.807, 2.05) is 6.07 Å². The molecule has 0 aromatic heterocycles. The van der Waals surface area contributed by atoms with Gasteiger partial charge in [0.2, 0.25) is 5.91 Å². The summed E-state index contributed by atoms with van der Waals surface area (Å²) < 4.78 is 80.2. The Morgan fingerprint density at radius 2 is 1.59 bits per heavy atom.